The SMILES string of the molecule is Cc1nc(Cl)cc2c1C=NC2. The van der Waals surface area contributed by atoms with Gasteiger partial charge in [0.15, 0.2) is 0 Å². The average molecular weight is 167 g/mol. The first-order valence-electron chi connectivity index (χ1n) is 3.43. The first-order valence-corrected chi connectivity index (χ1v) is 3.81. The predicted octanol–water partition coefficient (Wildman–Crippen LogP) is 1.98. The Balaban J connectivity index is 2.67. The van der Waals surface area contributed by atoms with E-state index in [4.69, 9.17) is 11.6 Å². The number of halogens is 1. The van der Waals surface area contributed by atoms with Gasteiger partial charge in [-0.3, -0.25) is 4.99 Å². The Morgan fingerprint density at radius 2 is 2.36 bits per heavy atom. The number of fused-ring (bicyclic) bond motifs is 1. The number of aliphatic imine (C=N–C) groups is 1. The van der Waals surface area contributed by atoms with Crippen LogP contribution in [-0.4, -0.2) is 11.2 Å². The molecule has 0 atom stereocenters. The van der Waals surface area contributed by atoms with Crippen molar-refractivity contribution < 1.29 is 0 Å². The molecule has 2 rings (SSSR count). The Morgan fingerprint density at radius 3 is 3.18 bits per heavy atom. The van der Waals surface area contributed by atoms with Crippen molar-refractivity contribution in [1.29, 1.82) is 0 Å². The number of aromatic nitrogens is 1. The summed E-state index contributed by atoms with van der Waals surface area (Å²) in [7, 11) is 0. The lowest BCUT2D eigenvalue weighted by Gasteiger charge is -2.00. The van der Waals surface area contributed by atoms with E-state index in [0.29, 0.717) is 5.15 Å². The maximum atomic E-state index is 5.76. The fraction of sp³-hybridized carbons (Fsp3) is 0.250. The van der Waals surface area contributed by atoms with Crippen LogP contribution in [0.25, 0.3) is 0 Å². The zero-order chi connectivity index (χ0) is 7.84. The van der Waals surface area contributed by atoms with Crippen molar-refractivity contribution in [3.63, 3.8) is 0 Å². The van der Waals surface area contributed by atoms with Gasteiger partial charge < -0.3 is 0 Å². The second kappa shape index (κ2) is 2.31. The molecule has 0 aromatic carbocycles. The van der Waals surface area contributed by atoms with Crippen LogP contribution in [-0.2, 0) is 6.54 Å². The zero-order valence-corrected chi connectivity index (χ0v) is 6.89. The standard InChI is InChI=1S/C8H7ClN2/c1-5-7-4-10-3-6(7)2-8(9)11-5/h2,4H,3H2,1H3. The molecule has 1 aromatic rings. The molecule has 2 nitrogen and oxygen atoms in total. The summed E-state index contributed by atoms with van der Waals surface area (Å²) in [6.07, 6.45) is 1.86. The van der Waals surface area contributed by atoms with Gasteiger partial charge in [0.1, 0.15) is 5.15 Å². The zero-order valence-electron chi connectivity index (χ0n) is 6.13. The average Bonchev–Trinajstić information content (AvgIpc) is 2.34. The highest BCUT2D eigenvalue weighted by molar-refractivity contribution is 6.29. The van der Waals surface area contributed by atoms with Gasteiger partial charge in [-0.05, 0) is 18.6 Å². The molecule has 1 aliphatic rings. The van der Waals surface area contributed by atoms with E-state index in [2.05, 4.69) is 9.98 Å². The van der Waals surface area contributed by atoms with Crippen molar-refractivity contribution in [1.82, 2.24) is 4.98 Å². The Bertz CT molecular complexity index is 331. The van der Waals surface area contributed by atoms with E-state index < -0.39 is 0 Å². The first-order chi connectivity index (χ1) is 5.27. The van der Waals surface area contributed by atoms with Gasteiger partial charge in [-0.15, -0.1) is 0 Å². The summed E-state index contributed by atoms with van der Waals surface area (Å²) in [5.74, 6) is 0. The lowest BCUT2D eigenvalue weighted by molar-refractivity contribution is 1.08. The number of hydrogen-bond donors (Lipinski definition) is 0. The lowest BCUT2D eigenvalue weighted by atomic mass is 10.1. The van der Waals surface area contributed by atoms with Gasteiger partial charge in [-0.25, -0.2) is 4.98 Å². The molecular weight excluding hydrogens is 160 g/mol. The predicted molar refractivity (Wildman–Crippen MR) is 45.3 cm³/mol. The fourth-order valence-electron chi connectivity index (χ4n) is 1.25. The molecule has 0 bridgehead atoms. The summed E-state index contributed by atoms with van der Waals surface area (Å²) < 4.78 is 0. The molecule has 1 aromatic heterocycles. The summed E-state index contributed by atoms with van der Waals surface area (Å²) in [5.41, 5.74) is 3.28. The molecule has 0 N–H and O–H groups in total. The van der Waals surface area contributed by atoms with Crippen molar-refractivity contribution in [3.8, 4) is 0 Å². The quantitative estimate of drug-likeness (QED) is 0.541. The van der Waals surface area contributed by atoms with Crippen LogP contribution in [0.15, 0.2) is 11.1 Å². The molecule has 0 saturated carbocycles. The Hall–Kier alpha value is -0.890. The number of rotatable bonds is 0. The van der Waals surface area contributed by atoms with Gasteiger partial charge in [-0.1, -0.05) is 11.6 Å². The molecular formula is C8H7ClN2. The third-order valence-corrected chi connectivity index (χ3v) is 1.98. The highest BCUT2D eigenvalue weighted by Gasteiger charge is 2.10. The minimum atomic E-state index is 0.562. The van der Waals surface area contributed by atoms with Crippen LogP contribution in [0.1, 0.15) is 16.8 Å². The van der Waals surface area contributed by atoms with Gasteiger partial charge in [-0.2, -0.15) is 0 Å². The number of aryl methyl sites for hydroxylation is 1. The minimum Gasteiger partial charge on any atom is -0.288 e. The van der Waals surface area contributed by atoms with E-state index in [1.54, 1.807) is 0 Å². The second-order valence-corrected chi connectivity index (χ2v) is 2.96. The van der Waals surface area contributed by atoms with Crippen molar-refractivity contribution in [2.24, 2.45) is 4.99 Å². The topological polar surface area (TPSA) is 25.2 Å². The molecule has 0 radical (unpaired) electrons. The molecule has 56 valence electrons. The molecule has 0 fully saturated rings. The van der Waals surface area contributed by atoms with Crippen LogP contribution in [0.2, 0.25) is 5.15 Å². The van der Waals surface area contributed by atoms with E-state index in [0.717, 1.165) is 17.8 Å². The van der Waals surface area contributed by atoms with Crippen LogP contribution in [0.5, 0.6) is 0 Å². The molecule has 0 saturated heterocycles. The highest BCUT2D eigenvalue weighted by Crippen LogP contribution is 2.20. The number of pyridine rings is 1. The maximum absolute atomic E-state index is 5.76. The van der Waals surface area contributed by atoms with Crippen LogP contribution in [0.4, 0.5) is 0 Å². The van der Waals surface area contributed by atoms with Crippen LogP contribution in [0, 0.1) is 6.92 Å². The van der Waals surface area contributed by atoms with Crippen LogP contribution < -0.4 is 0 Å². The molecule has 0 spiro atoms. The second-order valence-electron chi connectivity index (χ2n) is 2.57. The summed E-state index contributed by atoms with van der Waals surface area (Å²) in [4.78, 5) is 8.25. The van der Waals surface area contributed by atoms with Crippen molar-refractivity contribution in [3.05, 3.63) is 28.0 Å². The Kier molecular flexibility index (Phi) is 1.43. The van der Waals surface area contributed by atoms with Crippen molar-refractivity contribution in [2.75, 3.05) is 0 Å². The van der Waals surface area contributed by atoms with Crippen molar-refractivity contribution in [2.45, 2.75) is 13.5 Å². The molecule has 11 heavy (non-hydrogen) atoms. The summed E-state index contributed by atoms with van der Waals surface area (Å²) >= 11 is 5.76. The third kappa shape index (κ3) is 1.03. The molecule has 2 heterocycles. The molecule has 0 aliphatic carbocycles. The van der Waals surface area contributed by atoms with Gasteiger partial charge in [0.25, 0.3) is 0 Å². The maximum Gasteiger partial charge on any atom is 0.129 e. The Labute approximate surface area is 69.9 Å². The highest BCUT2D eigenvalue weighted by atomic mass is 35.5. The fourth-order valence-corrected chi connectivity index (χ4v) is 1.51. The van der Waals surface area contributed by atoms with E-state index >= 15 is 0 Å². The third-order valence-electron chi connectivity index (χ3n) is 1.79. The summed E-state index contributed by atoms with van der Waals surface area (Å²) in [6, 6.07) is 1.87. The van der Waals surface area contributed by atoms with Gasteiger partial charge >= 0.3 is 0 Å². The summed E-state index contributed by atoms with van der Waals surface area (Å²) in [5, 5.41) is 0.562. The van der Waals surface area contributed by atoms with E-state index in [9.17, 15) is 0 Å². The van der Waals surface area contributed by atoms with E-state index in [1.807, 2.05) is 19.2 Å². The summed E-state index contributed by atoms with van der Waals surface area (Å²) in [6.45, 7) is 2.69. The monoisotopic (exact) mass is 166 g/mol. The molecule has 1 aliphatic heterocycles. The van der Waals surface area contributed by atoms with E-state index in [-0.39, 0.29) is 0 Å². The lowest BCUT2D eigenvalue weighted by Crippen LogP contribution is -1.92. The normalized spacial score (nSPS) is 13.6. The first kappa shape index (κ1) is 6.80. The van der Waals surface area contributed by atoms with Crippen LogP contribution in [0.3, 0.4) is 0 Å². The molecule has 3 heteroatoms. The van der Waals surface area contributed by atoms with Gasteiger partial charge in [0.2, 0.25) is 0 Å². The van der Waals surface area contributed by atoms with Crippen LogP contribution >= 0.6 is 11.6 Å². The Morgan fingerprint density at radius 1 is 1.55 bits per heavy atom. The van der Waals surface area contributed by atoms with Gasteiger partial charge in [0, 0.05) is 17.5 Å². The van der Waals surface area contributed by atoms with Gasteiger partial charge in [0.05, 0.1) is 6.54 Å². The largest absolute Gasteiger partial charge is 0.288 e. The smallest absolute Gasteiger partial charge is 0.129 e. The minimum absolute atomic E-state index is 0.562. The van der Waals surface area contributed by atoms with E-state index in [1.165, 1.54) is 5.56 Å². The molecule has 0 amide bonds. The van der Waals surface area contributed by atoms with Crippen molar-refractivity contribution >= 4 is 17.8 Å². The number of nitrogens with zero attached hydrogens (tertiary/aromatic N) is 2. The number of hydrogen-bond acceptors (Lipinski definition) is 2. The molecule has 0 unspecified atom stereocenters.